The van der Waals surface area contributed by atoms with Crippen LogP contribution in [0.3, 0.4) is 0 Å². The molecule has 0 N–H and O–H groups in total. The molecule has 0 bridgehead atoms. The molecule has 0 saturated carbocycles. The highest BCUT2D eigenvalue weighted by molar-refractivity contribution is 7.99. The van der Waals surface area contributed by atoms with E-state index in [0.29, 0.717) is 6.42 Å². The van der Waals surface area contributed by atoms with Gasteiger partial charge >= 0.3 is 5.97 Å². The van der Waals surface area contributed by atoms with E-state index in [1.807, 2.05) is 30.3 Å². The summed E-state index contributed by atoms with van der Waals surface area (Å²) in [7, 11) is 0. The molecule has 2 aromatic carbocycles. The lowest BCUT2D eigenvalue weighted by Crippen LogP contribution is -2.53. The standard InChI is InChI=1S/C20H20N2O2S2/c1-2-25-16-9-7-14(8-10-16)11-19(23)24-15-12-22(13-15)20-21-17-5-3-4-6-18(17)26-20/h3-10,15H,2,11-13H2,1H3. The second kappa shape index (κ2) is 7.68. The van der Waals surface area contributed by atoms with Gasteiger partial charge < -0.3 is 9.64 Å². The quantitative estimate of drug-likeness (QED) is 0.466. The minimum Gasteiger partial charge on any atom is -0.458 e. The van der Waals surface area contributed by atoms with Crippen LogP contribution in [0.15, 0.2) is 53.4 Å². The molecule has 0 atom stereocenters. The number of rotatable bonds is 6. The largest absolute Gasteiger partial charge is 0.458 e. The lowest BCUT2D eigenvalue weighted by Gasteiger charge is -2.38. The number of para-hydroxylation sites is 1. The molecule has 134 valence electrons. The topological polar surface area (TPSA) is 42.4 Å². The van der Waals surface area contributed by atoms with Crippen molar-refractivity contribution < 1.29 is 9.53 Å². The van der Waals surface area contributed by atoms with Crippen molar-refractivity contribution in [1.29, 1.82) is 0 Å². The zero-order valence-electron chi connectivity index (χ0n) is 14.6. The van der Waals surface area contributed by atoms with Crippen LogP contribution in [0.4, 0.5) is 5.13 Å². The Balaban J connectivity index is 1.27. The third kappa shape index (κ3) is 3.86. The van der Waals surface area contributed by atoms with Crippen molar-refractivity contribution in [3.8, 4) is 0 Å². The van der Waals surface area contributed by atoms with Crippen molar-refractivity contribution in [2.45, 2.75) is 24.3 Å². The van der Waals surface area contributed by atoms with Crippen molar-refractivity contribution in [3.63, 3.8) is 0 Å². The first-order chi connectivity index (χ1) is 12.7. The summed E-state index contributed by atoms with van der Waals surface area (Å²) in [6.07, 6.45) is 0.291. The fraction of sp³-hybridized carbons (Fsp3) is 0.300. The molecule has 1 fully saturated rings. The van der Waals surface area contributed by atoms with Crippen LogP contribution < -0.4 is 4.90 Å². The highest BCUT2D eigenvalue weighted by Crippen LogP contribution is 2.31. The number of carbonyl (C=O) groups excluding carboxylic acids is 1. The third-order valence-corrected chi connectivity index (χ3v) is 6.27. The summed E-state index contributed by atoms with van der Waals surface area (Å²) < 4.78 is 6.77. The molecule has 1 aliphatic rings. The second-order valence-corrected chi connectivity index (χ2v) is 8.58. The predicted molar refractivity (Wildman–Crippen MR) is 108 cm³/mol. The van der Waals surface area contributed by atoms with Gasteiger partial charge in [0, 0.05) is 4.90 Å². The van der Waals surface area contributed by atoms with E-state index in [0.717, 1.165) is 35.1 Å². The molecular weight excluding hydrogens is 364 g/mol. The molecule has 0 amide bonds. The molecule has 0 radical (unpaired) electrons. The van der Waals surface area contributed by atoms with E-state index in [1.165, 1.54) is 9.60 Å². The number of thiazole rings is 1. The lowest BCUT2D eigenvalue weighted by atomic mass is 10.1. The summed E-state index contributed by atoms with van der Waals surface area (Å²) in [6.45, 7) is 3.57. The van der Waals surface area contributed by atoms with Gasteiger partial charge in [0.05, 0.1) is 29.7 Å². The van der Waals surface area contributed by atoms with Gasteiger partial charge in [-0.15, -0.1) is 11.8 Å². The molecule has 0 spiro atoms. The maximum absolute atomic E-state index is 12.2. The number of fused-ring (bicyclic) bond motifs is 1. The predicted octanol–water partition coefficient (Wildman–Crippen LogP) is 4.38. The number of carbonyl (C=O) groups is 1. The molecule has 1 aliphatic heterocycles. The van der Waals surface area contributed by atoms with Crippen LogP contribution in [0.25, 0.3) is 10.2 Å². The summed E-state index contributed by atoms with van der Waals surface area (Å²) >= 11 is 3.48. The molecule has 1 saturated heterocycles. The average Bonchev–Trinajstić information content (AvgIpc) is 3.03. The highest BCUT2D eigenvalue weighted by Gasteiger charge is 2.32. The summed E-state index contributed by atoms with van der Waals surface area (Å²) in [5.41, 5.74) is 2.02. The van der Waals surface area contributed by atoms with Gasteiger partial charge in [-0.3, -0.25) is 4.79 Å². The number of ether oxygens (including phenoxy) is 1. The number of benzene rings is 2. The monoisotopic (exact) mass is 384 g/mol. The van der Waals surface area contributed by atoms with Crippen molar-refractivity contribution in [3.05, 3.63) is 54.1 Å². The Bertz CT molecular complexity index is 869. The Labute approximate surface area is 161 Å². The van der Waals surface area contributed by atoms with Gasteiger partial charge in [-0.05, 0) is 35.6 Å². The van der Waals surface area contributed by atoms with E-state index in [4.69, 9.17) is 4.74 Å². The molecule has 0 aliphatic carbocycles. The van der Waals surface area contributed by atoms with E-state index in [1.54, 1.807) is 23.1 Å². The van der Waals surface area contributed by atoms with Gasteiger partial charge in [0.25, 0.3) is 0 Å². The Morgan fingerprint density at radius 3 is 2.73 bits per heavy atom. The second-order valence-electron chi connectivity index (χ2n) is 6.23. The van der Waals surface area contributed by atoms with Crippen molar-refractivity contribution >= 4 is 44.4 Å². The van der Waals surface area contributed by atoms with Gasteiger partial charge in [-0.2, -0.15) is 0 Å². The first-order valence-corrected chi connectivity index (χ1v) is 10.5. The van der Waals surface area contributed by atoms with Crippen LogP contribution in [0, 0.1) is 0 Å². The maximum atomic E-state index is 12.2. The van der Waals surface area contributed by atoms with Gasteiger partial charge in [0.2, 0.25) is 0 Å². The summed E-state index contributed by atoms with van der Waals surface area (Å²) in [4.78, 5) is 20.2. The van der Waals surface area contributed by atoms with Crippen LogP contribution in [0.2, 0.25) is 0 Å². The maximum Gasteiger partial charge on any atom is 0.310 e. The zero-order chi connectivity index (χ0) is 17.9. The van der Waals surface area contributed by atoms with Crippen LogP contribution in [0.1, 0.15) is 12.5 Å². The third-order valence-electron chi connectivity index (χ3n) is 4.28. The van der Waals surface area contributed by atoms with Gasteiger partial charge in [-0.1, -0.05) is 42.5 Å². The summed E-state index contributed by atoms with van der Waals surface area (Å²) in [5, 5.41) is 1.00. The minimum atomic E-state index is -0.158. The number of hydrogen-bond donors (Lipinski definition) is 0. The van der Waals surface area contributed by atoms with Crippen LogP contribution in [-0.4, -0.2) is 35.9 Å². The fourth-order valence-corrected chi connectivity index (χ4v) is 4.57. The van der Waals surface area contributed by atoms with Crippen molar-refractivity contribution in [2.24, 2.45) is 0 Å². The minimum absolute atomic E-state index is 0.0376. The highest BCUT2D eigenvalue weighted by atomic mass is 32.2. The van der Waals surface area contributed by atoms with Crippen molar-refractivity contribution in [2.75, 3.05) is 23.7 Å². The number of hydrogen-bond acceptors (Lipinski definition) is 6. The van der Waals surface area contributed by atoms with Gasteiger partial charge in [0.15, 0.2) is 5.13 Å². The molecule has 26 heavy (non-hydrogen) atoms. The van der Waals surface area contributed by atoms with Crippen LogP contribution >= 0.6 is 23.1 Å². The molecule has 3 aromatic rings. The first kappa shape index (κ1) is 17.4. The summed E-state index contributed by atoms with van der Waals surface area (Å²) in [5.74, 6) is 0.892. The van der Waals surface area contributed by atoms with E-state index in [2.05, 4.69) is 35.0 Å². The number of anilines is 1. The average molecular weight is 385 g/mol. The fourth-order valence-electron chi connectivity index (χ4n) is 2.93. The number of aromatic nitrogens is 1. The molecule has 4 nitrogen and oxygen atoms in total. The first-order valence-electron chi connectivity index (χ1n) is 8.73. The summed E-state index contributed by atoms with van der Waals surface area (Å²) in [6, 6.07) is 16.3. The van der Waals surface area contributed by atoms with E-state index < -0.39 is 0 Å². The number of thioether (sulfide) groups is 1. The van der Waals surface area contributed by atoms with E-state index in [-0.39, 0.29) is 12.1 Å². The van der Waals surface area contributed by atoms with Crippen LogP contribution in [0.5, 0.6) is 0 Å². The van der Waals surface area contributed by atoms with E-state index in [9.17, 15) is 4.79 Å². The molecule has 0 unspecified atom stereocenters. The molecule has 1 aromatic heterocycles. The Morgan fingerprint density at radius 1 is 1.23 bits per heavy atom. The molecular formula is C20H20N2O2S2. The van der Waals surface area contributed by atoms with E-state index >= 15 is 0 Å². The molecule has 2 heterocycles. The van der Waals surface area contributed by atoms with Crippen LogP contribution in [-0.2, 0) is 16.0 Å². The zero-order valence-corrected chi connectivity index (χ0v) is 16.2. The Kier molecular flexibility index (Phi) is 5.13. The van der Waals surface area contributed by atoms with Gasteiger partial charge in [-0.25, -0.2) is 4.98 Å². The van der Waals surface area contributed by atoms with Gasteiger partial charge in [0.1, 0.15) is 6.10 Å². The Morgan fingerprint density at radius 2 is 2.00 bits per heavy atom. The number of esters is 1. The lowest BCUT2D eigenvalue weighted by molar-refractivity contribution is -0.149. The van der Waals surface area contributed by atoms with Crippen molar-refractivity contribution in [1.82, 2.24) is 4.98 Å². The Hall–Kier alpha value is -2.05. The normalized spacial score (nSPS) is 14.4. The smallest absolute Gasteiger partial charge is 0.310 e. The SMILES string of the molecule is CCSc1ccc(CC(=O)OC2CN(c3nc4ccccc4s3)C2)cc1. The molecule has 4 rings (SSSR count). The molecule has 6 heteroatoms. The number of nitrogens with zero attached hydrogens (tertiary/aromatic N) is 2.